The lowest BCUT2D eigenvalue weighted by atomic mass is 9.82. The molecule has 1 atom stereocenters. The largest absolute Gasteiger partial charge is 0.338 e. The van der Waals surface area contributed by atoms with E-state index in [4.69, 9.17) is 6.42 Å². The van der Waals surface area contributed by atoms with E-state index in [0.717, 1.165) is 0 Å². The highest BCUT2D eigenvalue weighted by atomic mass is 32.1. The average molecular weight is 283 g/mol. The summed E-state index contributed by atoms with van der Waals surface area (Å²) in [4.78, 5) is 11.9. The minimum atomic E-state index is -2.58. The van der Waals surface area contributed by atoms with Gasteiger partial charge < -0.3 is 5.32 Å². The highest BCUT2D eigenvalue weighted by Crippen LogP contribution is 2.37. The molecule has 1 aliphatic carbocycles. The van der Waals surface area contributed by atoms with E-state index in [2.05, 4.69) is 11.2 Å². The van der Waals surface area contributed by atoms with Crippen molar-refractivity contribution < 1.29 is 13.6 Å². The van der Waals surface area contributed by atoms with Gasteiger partial charge in [0.15, 0.2) is 0 Å². The molecule has 0 aromatic carbocycles. The molecule has 0 saturated heterocycles. The fourth-order valence-electron chi connectivity index (χ4n) is 2.31. The van der Waals surface area contributed by atoms with Gasteiger partial charge in [-0.3, -0.25) is 4.79 Å². The van der Waals surface area contributed by atoms with Crippen molar-refractivity contribution in [2.24, 2.45) is 5.92 Å². The molecule has 0 spiro atoms. The third-order valence-electron chi connectivity index (χ3n) is 3.48. The number of carbonyl (C=O) groups excluding carboxylic acids is 1. The van der Waals surface area contributed by atoms with Gasteiger partial charge in [-0.1, -0.05) is 5.92 Å². The summed E-state index contributed by atoms with van der Waals surface area (Å²) in [5.41, 5.74) is 0.561. The third-order valence-corrected chi connectivity index (χ3v) is 4.17. The van der Waals surface area contributed by atoms with E-state index in [1.54, 1.807) is 16.8 Å². The predicted octanol–water partition coefficient (Wildman–Crippen LogP) is 3.31. The molecule has 1 aromatic rings. The van der Waals surface area contributed by atoms with Crippen LogP contribution in [0.1, 0.15) is 36.0 Å². The van der Waals surface area contributed by atoms with Gasteiger partial charge in [-0.25, -0.2) is 8.78 Å². The van der Waals surface area contributed by atoms with Crippen LogP contribution in [0.4, 0.5) is 8.78 Å². The molecule has 0 bridgehead atoms. The number of terminal acetylenes is 1. The van der Waals surface area contributed by atoms with Crippen molar-refractivity contribution in [3.05, 3.63) is 22.4 Å². The first-order chi connectivity index (χ1) is 9.02. The van der Waals surface area contributed by atoms with Gasteiger partial charge in [0.1, 0.15) is 0 Å². The van der Waals surface area contributed by atoms with Gasteiger partial charge in [-0.05, 0) is 30.2 Å². The standard InChI is InChI=1S/C14H15F2NOS/c1-2-12(10-3-6-14(15,16)7-4-10)17-13(18)11-5-8-19-9-11/h1,5,8-10,12H,3-4,6-7H2,(H,17,18). The zero-order chi connectivity index (χ0) is 13.9. The first kappa shape index (κ1) is 14.0. The zero-order valence-electron chi connectivity index (χ0n) is 10.4. The van der Waals surface area contributed by atoms with E-state index in [-0.39, 0.29) is 24.7 Å². The van der Waals surface area contributed by atoms with Crippen LogP contribution in [0.5, 0.6) is 0 Å². The summed E-state index contributed by atoms with van der Waals surface area (Å²) in [6.07, 6.45) is 5.83. The van der Waals surface area contributed by atoms with Crippen LogP contribution in [-0.4, -0.2) is 17.9 Å². The Hall–Kier alpha value is -1.41. The Morgan fingerprint density at radius 1 is 1.53 bits per heavy atom. The molecule has 0 aliphatic heterocycles. The monoisotopic (exact) mass is 283 g/mol. The Bertz CT molecular complexity index is 468. The number of rotatable bonds is 3. The summed E-state index contributed by atoms with van der Waals surface area (Å²) in [6, 6.07) is 1.24. The highest BCUT2D eigenvalue weighted by Gasteiger charge is 2.37. The number of carbonyl (C=O) groups is 1. The molecule has 1 unspecified atom stereocenters. The average Bonchev–Trinajstić information content (AvgIpc) is 2.90. The molecule has 19 heavy (non-hydrogen) atoms. The first-order valence-electron chi connectivity index (χ1n) is 6.19. The molecular formula is C14H15F2NOS. The maximum absolute atomic E-state index is 13.1. The van der Waals surface area contributed by atoms with Crippen LogP contribution in [0.25, 0.3) is 0 Å². The Kier molecular flexibility index (Phi) is 4.20. The number of hydrogen-bond donors (Lipinski definition) is 1. The van der Waals surface area contributed by atoms with Crippen LogP contribution in [0, 0.1) is 18.3 Å². The molecule has 2 nitrogen and oxygen atoms in total. The lowest BCUT2D eigenvalue weighted by Crippen LogP contribution is -2.42. The van der Waals surface area contributed by atoms with E-state index >= 15 is 0 Å². The van der Waals surface area contributed by atoms with Gasteiger partial charge in [-0.2, -0.15) is 11.3 Å². The van der Waals surface area contributed by atoms with Gasteiger partial charge in [0.05, 0.1) is 11.6 Å². The van der Waals surface area contributed by atoms with E-state index in [9.17, 15) is 13.6 Å². The van der Waals surface area contributed by atoms with Crippen LogP contribution in [0.2, 0.25) is 0 Å². The Labute approximate surface area is 115 Å². The van der Waals surface area contributed by atoms with Crippen LogP contribution in [0.15, 0.2) is 16.8 Å². The fraction of sp³-hybridized carbons (Fsp3) is 0.500. The van der Waals surface area contributed by atoms with E-state index in [1.165, 1.54) is 11.3 Å². The number of amides is 1. The smallest absolute Gasteiger partial charge is 0.253 e. The molecule has 1 aromatic heterocycles. The normalized spacial score (nSPS) is 20.5. The second-order valence-electron chi connectivity index (χ2n) is 4.82. The lowest BCUT2D eigenvalue weighted by molar-refractivity contribution is -0.0472. The van der Waals surface area contributed by atoms with Crippen molar-refractivity contribution in [3.8, 4) is 12.3 Å². The summed E-state index contributed by atoms with van der Waals surface area (Å²) < 4.78 is 26.2. The van der Waals surface area contributed by atoms with Crippen molar-refractivity contribution in [1.82, 2.24) is 5.32 Å². The maximum Gasteiger partial charge on any atom is 0.253 e. The van der Waals surface area contributed by atoms with Gasteiger partial charge in [0, 0.05) is 18.2 Å². The third kappa shape index (κ3) is 3.54. The molecule has 102 valence electrons. The number of hydrogen-bond acceptors (Lipinski definition) is 2. The van der Waals surface area contributed by atoms with Crippen molar-refractivity contribution in [2.75, 3.05) is 0 Å². The number of thiophene rings is 1. The van der Waals surface area contributed by atoms with Crippen LogP contribution < -0.4 is 5.32 Å². The molecule has 1 N–H and O–H groups in total. The molecule has 1 fully saturated rings. The number of halogens is 2. The molecule has 5 heteroatoms. The topological polar surface area (TPSA) is 29.1 Å². The zero-order valence-corrected chi connectivity index (χ0v) is 11.2. The summed E-state index contributed by atoms with van der Waals surface area (Å²) in [7, 11) is 0. The molecule has 1 saturated carbocycles. The van der Waals surface area contributed by atoms with E-state index in [0.29, 0.717) is 18.4 Å². The molecule has 2 rings (SSSR count). The van der Waals surface area contributed by atoms with Crippen molar-refractivity contribution in [1.29, 1.82) is 0 Å². The van der Waals surface area contributed by atoms with Gasteiger partial charge in [-0.15, -0.1) is 6.42 Å². The quantitative estimate of drug-likeness (QED) is 0.847. The molecule has 1 aliphatic rings. The fourth-order valence-corrected chi connectivity index (χ4v) is 2.95. The van der Waals surface area contributed by atoms with Crippen LogP contribution in [-0.2, 0) is 0 Å². The summed E-state index contributed by atoms with van der Waals surface area (Å²) >= 11 is 1.43. The lowest BCUT2D eigenvalue weighted by Gasteiger charge is -2.31. The summed E-state index contributed by atoms with van der Waals surface area (Å²) in [5.74, 6) is -0.355. The molecule has 1 amide bonds. The second-order valence-corrected chi connectivity index (χ2v) is 5.60. The Morgan fingerprint density at radius 2 is 2.21 bits per heavy atom. The van der Waals surface area contributed by atoms with Gasteiger partial charge in [0.25, 0.3) is 5.91 Å². The van der Waals surface area contributed by atoms with Gasteiger partial charge >= 0.3 is 0 Å². The molecule has 0 radical (unpaired) electrons. The summed E-state index contributed by atoms with van der Waals surface area (Å²) in [6.45, 7) is 0. The highest BCUT2D eigenvalue weighted by molar-refractivity contribution is 7.08. The minimum absolute atomic E-state index is 0.0628. The Morgan fingerprint density at radius 3 is 2.74 bits per heavy atom. The van der Waals surface area contributed by atoms with Crippen molar-refractivity contribution in [2.45, 2.75) is 37.6 Å². The Balaban J connectivity index is 1.94. The number of alkyl halides is 2. The molecule has 1 heterocycles. The minimum Gasteiger partial charge on any atom is -0.338 e. The van der Waals surface area contributed by atoms with Gasteiger partial charge in [0.2, 0.25) is 5.92 Å². The van der Waals surface area contributed by atoms with Crippen molar-refractivity contribution in [3.63, 3.8) is 0 Å². The maximum atomic E-state index is 13.1. The van der Waals surface area contributed by atoms with E-state index in [1.807, 2.05) is 0 Å². The summed E-state index contributed by atoms with van der Waals surface area (Å²) in [5, 5.41) is 6.29. The second kappa shape index (κ2) is 5.70. The SMILES string of the molecule is C#CC(NC(=O)c1ccsc1)C1CCC(F)(F)CC1. The van der Waals surface area contributed by atoms with E-state index < -0.39 is 12.0 Å². The van der Waals surface area contributed by atoms with Crippen LogP contribution >= 0.6 is 11.3 Å². The predicted molar refractivity (Wildman–Crippen MR) is 71.3 cm³/mol. The first-order valence-corrected chi connectivity index (χ1v) is 7.13. The number of nitrogens with one attached hydrogen (secondary N) is 1. The molecular weight excluding hydrogens is 268 g/mol. The van der Waals surface area contributed by atoms with Crippen LogP contribution in [0.3, 0.4) is 0 Å². The van der Waals surface area contributed by atoms with Crippen molar-refractivity contribution >= 4 is 17.2 Å².